The molecule has 0 aliphatic heterocycles. The van der Waals surface area contributed by atoms with E-state index in [2.05, 4.69) is 22.6 Å². The number of rotatable bonds is 3. The van der Waals surface area contributed by atoms with Crippen molar-refractivity contribution in [2.45, 2.75) is 7.59 Å². The largest absolute Gasteiger partial charge is 0.459 e. The Balaban J connectivity index is 0. The van der Waals surface area contributed by atoms with Crippen molar-refractivity contribution in [3.8, 4) is 0 Å². The minimum atomic E-state index is -2.18. The van der Waals surface area contributed by atoms with Crippen molar-refractivity contribution in [1.82, 2.24) is 0 Å². The number of hydrogen-bond donors (Lipinski definition) is 0. The quantitative estimate of drug-likeness (QED) is 0.325. The van der Waals surface area contributed by atoms with E-state index in [1.807, 2.05) is 0 Å². The predicted molar refractivity (Wildman–Crippen MR) is 73.8 cm³/mol. The van der Waals surface area contributed by atoms with E-state index in [1.165, 1.54) is 0 Å². The second-order valence-corrected chi connectivity index (χ2v) is 6.83. The number of carbonyl (C=O) groups excluding carboxylic acids is 2. The van der Waals surface area contributed by atoms with E-state index in [-0.39, 0.29) is 13.2 Å². The molecular weight excluding hydrogens is 373 g/mol. The lowest BCUT2D eigenvalue weighted by molar-refractivity contribution is -0.151. The topological polar surface area (TPSA) is 52.6 Å². The summed E-state index contributed by atoms with van der Waals surface area (Å²) in [6.07, 6.45) is 0. The Morgan fingerprint density at radius 2 is 1.00 bits per heavy atom. The second-order valence-electron chi connectivity index (χ2n) is 2.27. The Bertz CT molecular complexity index is 254. The van der Waals surface area contributed by atoms with Gasteiger partial charge in [0.15, 0.2) is 0 Å². The van der Waals surface area contributed by atoms with E-state index in [1.54, 1.807) is 0 Å². The predicted octanol–water partition coefficient (Wildman–Crippen LogP) is 3.62. The number of esters is 2. The standard InChI is InChI=1S/C6H4Cl6O4.C2H4/c7-5(8,9)3(13)15-1-2-16-4(14)6(10,11)12;1-2/h1-2H2;1-2H2. The zero-order valence-corrected chi connectivity index (χ0v) is 13.3. The van der Waals surface area contributed by atoms with Gasteiger partial charge in [0.2, 0.25) is 0 Å². The van der Waals surface area contributed by atoms with Crippen LogP contribution in [-0.2, 0) is 19.1 Å². The lowest BCUT2D eigenvalue weighted by Gasteiger charge is -2.12. The minimum Gasteiger partial charge on any atom is -0.459 e. The van der Waals surface area contributed by atoms with Crippen LogP contribution in [0.2, 0.25) is 0 Å². The molecule has 0 saturated carbocycles. The van der Waals surface area contributed by atoms with Crippen LogP contribution in [0.4, 0.5) is 0 Å². The molecule has 0 aromatic heterocycles. The fraction of sp³-hybridized carbons (Fsp3) is 0.500. The molecule has 0 saturated heterocycles. The monoisotopic (exact) mass is 378 g/mol. The Labute approximate surface area is 134 Å². The first-order valence-electron chi connectivity index (χ1n) is 4.03. The van der Waals surface area contributed by atoms with Crippen molar-refractivity contribution < 1.29 is 19.1 Å². The third-order valence-electron chi connectivity index (χ3n) is 1.01. The second kappa shape index (κ2) is 9.34. The van der Waals surface area contributed by atoms with E-state index < -0.39 is 19.5 Å². The molecule has 18 heavy (non-hydrogen) atoms. The average molecular weight is 381 g/mol. The third kappa shape index (κ3) is 10.4. The molecule has 0 aliphatic rings. The van der Waals surface area contributed by atoms with Gasteiger partial charge in [0.1, 0.15) is 13.2 Å². The lowest BCUT2D eigenvalue weighted by Crippen LogP contribution is -2.27. The summed E-state index contributed by atoms with van der Waals surface area (Å²) in [6.45, 7) is 5.36. The molecule has 10 heteroatoms. The first-order chi connectivity index (χ1) is 8.05. The first kappa shape index (κ1) is 20.7. The summed E-state index contributed by atoms with van der Waals surface area (Å²) in [4.78, 5) is 21.7. The number of hydrogen-bond acceptors (Lipinski definition) is 4. The smallest absolute Gasteiger partial charge is 0.358 e. The number of alkyl halides is 6. The lowest BCUT2D eigenvalue weighted by atomic mass is 10.7. The van der Waals surface area contributed by atoms with Crippen LogP contribution in [0.3, 0.4) is 0 Å². The summed E-state index contributed by atoms with van der Waals surface area (Å²) in [7, 11) is 0. The van der Waals surface area contributed by atoms with Crippen molar-refractivity contribution in [3.05, 3.63) is 13.2 Å². The van der Waals surface area contributed by atoms with E-state index in [9.17, 15) is 9.59 Å². The summed E-state index contributed by atoms with van der Waals surface area (Å²) in [5.74, 6) is -2.19. The van der Waals surface area contributed by atoms with Crippen LogP contribution in [-0.4, -0.2) is 32.7 Å². The highest BCUT2D eigenvalue weighted by molar-refractivity contribution is 6.76. The molecule has 0 spiro atoms. The molecule has 106 valence electrons. The molecule has 0 fully saturated rings. The van der Waals surface area contributed by atoms with Crippen LogP contribution in [0.1, 0.15) is 0 Å². The van der Waals surface area contributed by atoms with Gasteiger partial charge in [0.05, 0.1) is 0 Å². The van der Waals surface area contributed by atoms with E-state index >= 15 is 0 Å². The molecule has 0 N–H and O–H groups in total. The van der Waals surface area contributed by atoms with E-state index in [4.69, 9.17) is 69.6 Å². The molecule has 0 heterocycles. The fourth-order valence-electron chi connectivity index (χ4n) is 0.432. The highest BCUT2D eigenvalue weighted by Gasteiger charge is 2.34. The molecule has 0 atom stereocenters. The maximum Gasteiger partial charge on any atom is 0.358 e. The Kier molecular flexibility index (Phi) is 10.8. The fourth-order valence-corrected chi connectivity index (χ4v) is 0.760. The maximum atomic E-state index is 10.9. The van der Waals surface area contributed by atoms with Gasteiger partial charge < -0.3 is 9.47 Å². The summed E-state index contributed by atoms with van der Waals surface area (Å²) in [5.41, 5.74) is 0. The van der Waals surface area contributed by atoms with Crippen molar-refractivity contribution in [2.24, 2.45) is 0 Å². The summed E-state index contributed by atoms with van der Waals surface area (Å²) in [6, 6.07) is 0. The highest BCUT2D eigenvalue weighted by atomic mass is 35.6. The SMILES string of the molecule is C=C.O=C(OCCOC(=O)C(Cl)(Cl)Cl)C(Cl)(Cl)Cl. The van der Waals surface area contributed by atoms with Crippen LogP contribution in [0.5, 0.6) is 0 Å². The van der Waals surface area contributed by atoms with Crippen LogP contribution in [0, 0.1) is 0 Å². The van der Waals surface area contributed by atoms with Gasteiger partial charge in [-0.15, -0.1) is 13.2 Å². The maximum absolute atomic E-state index is 10.9. The molecule has 0 unspecified atom stereocenters. The number of carbonyl (C=O) groups is 2. The first-order valence-corrected chi connectivity index (χ1v) is 6.30. The number of ether oxygens (including phenoxy) is 2. The minimum absolute atomic E-state index is 0.320. The van der Waals surface area contributed by atoms with Gasteiger partial charge in [-0.3, -0.25) is 0 Å². The van der Waals surface area contributed by atoms with Crippen molar-refractivity contribution in [2.75, 3.05) is 13.2 Å². The molecule has 4 nitrogen and oxygen atoms in total. The molecule has 0 bridgehead atoms. The van der Waals surface area contributed by atoms with Gasteiger partial charge in [0.25, 0.3) is 7.59 Å². The summed E-state index contributed by atoms with van der Waals surface area (Å²) >= 11 is 31.1. The summed E-state index contributed by atoms with van der Waals surface area (Å²) < 4.78 is 4.49. The number of halogens is 6. The summed E-state index contributed by atoms with van der Waals surface area (Å²) in [5, 5.41) is 0. The van der Waals surface area contributed by atoms with Gasteiger partial charge in [-0.1, -0.05) is 69.6 Å². The highest BCUT2D eigenvalue weighted by Crippen LogP contribution is 2.28. The van der Waals surface area contributed by atoms with Crippen LogP contribution < -0.4 is 0 Å². The molecule has 0 aromatic rings. The Hall–Kier alpha value is 0.420. The normalized spacial score (nSPS) is 11.0. The van der Waals surface area contributed by atoms with Crippen LogP contribution in [0.25, 0.3) is 0 Å². The zero-order chi connectivity index (χ0) is 15.0. The van der Waals surface area contributed by atoms with Crippen LogP contribution in [0.15, 0.2) is 13.2 Å². The average Bonchev–Trinajstić information content (AvgIpc) is 2.23. The Morgan fingerprint density at radius 1 is 0.778 bits per heavy atom. The van der Waals surface area contributed by atoms with Crippen molar-refractivity contribution in [3.63, 3.8) is 0 Å². The van der Waals surface area contributed by atoms with Gasteiger partial charge in [-0.25, -0.2) is 9.59 Å². The molecule has 0 rings (SSSR count). The Morgan fingerprint density at radius 3 is 1.17 bits per heavy atom. The molecular formula is C8H8Cl6O4. The van der Waals surface area contributed by atoms with E-state index in [0.29, 0.717) is 0 Å². The van der Waals surface area contributed by atoms with Crippen molar-refractivity contribution in [1.29, 1.82) is 0 Å². The molecule has 0 amide bonds. The molecule has 0 aromatic carbocycles. The third-order valence-corrected chi connectivity index (χ3v) is 1.94. The van der Waals surface area contributed by atoms with Crippen LogP contribution >= 0.6 is 69.6 Å². The van der Waals surface area contributed by atoms with Gasteiger partial charge >= 0.3 is 11.9 Å². The van der Waals surface area contributed by atoms with E-state index in [0.717, 1.165) is 0 Å². The van der Waals surface area contributed by atoms with Crippen molar-refractivity contribution >= 4 is 81.5 Å². The zero-order valence-electron chi connectivity index (χ0n) is 8.73. The van der Waals surface area contributed by atoms with Gasteiger partial charge in [0, 0.05) is 0 Å². The molecule has 0 aliphatic carbocycles. The van der Waals surface area contributed by atoms with Gasteiger partial charge in [-0.2, -0.15) is 0 Å². The molecule has 0 radical (unpaired) electrons. The van der Waals surface area contributed by atoms with Gasteiger partial charge in [-0.05, 0) is 0 Å².